The molecule has 2 rings (SSSR count). The van der Waals surface area contributed by atoms with Crippen LogP contribution in [0.2, 0.25) is 0 Å². The van der Waals surface area contributed by atoms with E-state index in [1.165, 1.54) is 11.1 Å². The van der Waals surface area contributed by atoms with E-state index in [2.05, 4.69) is 57.1 Å². The fourth-order valence-corrected chi connectivity index (χ4v) is 2.60. The summed E-state index contributed by atoms with van der Waals surface area (Å²) in [6.45, 7) is 2.09. The van der Waals surface area contributed by atoms with E-state index in [-0.39, 0.29) is 0 Å². The summed E-state index contributed by atoms with van der Waals surface area (Å²) in [5, 5.41) is 0.719. The Hall–Kier alpha value is -1.07. The lowest BCUT2D eigenvalue weighted by Crippen LogP contribution is -1.93. The van der Waals surface area contributed by atoms with Gasteiger partial charge in [0.15, 0.2) is 5.16 Å². The van der Waals surface area contributed by atoms with Gasteiger partial charge in [0.05, 0.1) is 11.6 Å². The largest absolute Gasteiger partial charge is 0.480 e. The zero-order valence-electron chi connectivity index (χ0n) is 10.2. The first kappa shape index (κ1) is 13.4. The molecule has 18 heavy (non-hydrogen) atoms. The van der Waals surface area contributed by atoms with Crippen molar-refractivity contribution in [2.24, 2.45) is 0 Å². The molecular formula is C13H13BrN2OS. The number of nitrogens with zero attached hydrogens (tertiary/aromatic N) is 2. The van der Waals surface area contributed by atoms with Crippen LogP contribution in [0.15, 0.2) is 40.1 Å². The number of hydrogen-bond donors (Lipinski definition) is 0. The van der Waals surface area contributed by atoms with Crippen LogP contribution in [0.4, 0.5) is 0 Å². The quantitative estimate of drug-likeness (QED) is 0.632. The lowest BCUT2D eigenvalue weighted by Gasteiger charge is -2.05. The summed E-state index contributed by atoms with van der Waals surface area (Å²) < 4.78 is 5.91. The molecule has 0 N–H and O–H groups in total. The topological polar surface area (TPSA) is 35.0 Å². The van der Waals surface area contributed by atoms with Gasteiger partial charge in [-0.05, 0) is 28.4 Å². The van der Waals surface area contributed by atoms with Crippen molar-refractivity contribution in [3.8, 4) is 5.88 Å². The van der Waals surface area contributed by atoms with Gasteiger partial charge in [0, 0.05) is 11.9 Å². The fourth-order valence-electron chi connectivity index (χ4n) is 1.50. The van der Waals surface area contributed by atoms with Crippen LogP contribution in [0.5, 0.6) is 5.88 Å². The molecule has 5 heteroatoms. The van der Waals surface area contributed by atoms with Gasteiger partial charge in [0.2, 0.25) is 5.88 Å². The van der Waals surface area contributed by atoms with Gasteiger partial charge >= 0.3 is 0 Å². The van der Waals surface area contributed by atoms with E-state index in [0.717, 1.165) is 15.4 Å². The van der Waals surface area contributed by atoms with Crippen LogP contribution in [-0.2, 0) is 5.75 Å². The number of halogens is 1. The number of aromatic nitrogens is 2. The molecule has 0 saturated carbocycles. The third-order valence-electron chi connectivity index (χ3n) is 2.33. The van der Waals surface area contributed by atoms with E-state index >= 15 is 0 Å². The van der Waals surface area contributed by atoms with Crippen LogP contribution in [0.1, 0.15) is 11.1 Å². The molecule has 94 valence electrons. The maximum atomic E-state index is 5.15. The second-order valence-corrected chi connectivity index (χ2v) is 5.58. The van der Waals surface area contributed by atoms with Gasteiger partial charge in [-0.15, -0.1) is 0 Å². The lowest BCUT2D eigenvalue weighted by molar-refractivity contribution is 0.389. The van der Waals surface area contributed by atoms with Crippen LogP contribution < -0.4 is 4.74 Å². The van der Waals surface area contributed by atoms with E-state index < -0.39 is 0 Å². The summed E-state index contributed by atoms with van der Waals surface area (Å²) in [5.74, 6) is 1.42. The molecule has 0 saturated heterocycles. The first-order chi connectivity index (χ1) is 8.69. The SMILES string of the molecule is COc1nc(SCc2cccc(C)c2)ncc1Br. The Morgan fingerprint density at radius 3 is 2.94 bits per heavy atom. The summed E-state index contributed by atoms with van der Waals surface area (Å²) in [6, 6.07) is 8.43. The predicted octanol–water partition coefficient (Wildman–Crippen LogP) is 3.85. The average Bonchev–Trinajstić information content (AvgIpc) is 2.38. The van der Waals surface area contributed by atoms with Gasteiger partial charge in [-0.3, -0.25) is 0 Å². The average molecular weight is 325 g/mol. The molecule has 0 aliphatic rings. The second kappa shape index (κ2) is 6.20. The van der Waals surface area contributed by atoms with Crippen molar-refractivity contribution < 1.29 is 4.74 Å². The Kier molecular flexibility index (Phi) is 4.60. The molecule has 0 fully saturated rings. The van der Waals surface area contributed by atoms with Crippen LogP contribution >= 0.6 is 27.7 Å². The summed E-state index contributed by atoms with van der Waals surface area (Å²) in [5.41, 5.74) is 2.54. The third-order valence-corrected chi connectivity index (χ3v) is 3.81. The second-order valence-electron chi connectivity index (χ2n) is 3.79. The minimum atomic E-state index is 0.566. The number of ether oxygens (including phenoxy) is 1. The normalized spacial score (nSPS) is 10.4. The lowest BCUT2D eigenvalue weighted by atomic mass is 10.2. The van der Waals surface area contributed by atoms with Gasteiger partial charge in [-0.25, -0.2) is 4.98 Å². The fraction of sp³-hybridized carbons (Fsp3) is 0.231. The summed E-state index contributed by atoms with van der Waals surface area (Å²) in [7, 11) is 1.60. The van der Waals surface area contributed by atoms with Crippen molar-refractivity contribution in [2.45, 2.75) is 17.8 Å². The number of methoxy groups -OCH3 is 1. The molecule has 0 atom stereocenters. The highest BCUT2D eigenvalue weighted by Gasteiger charge is 2.05. The number of rotatable bonds is 4. The molecular weight excluding hydrogens is 312 g/mol. The van der Waals surface area contributed by atoms with E-state index in [9.17, 15) is 0 Å². The van der Waals surface area contributed by atoms with E-state index in [1.54, 1.807) is 25.1 Å². The van der Waals surface area contributed by atoms with Crippen LogP contribution in [-0.4, -0.2) is 17.1 Å². The van der Waals surface area contributed by atoms with E-state index in [1.807, 2.05) is 0 Å². The first-order valence-electron chi connectivity index (χ1n) is 5.44. The van der Waals surface area contributed by atoms with Crippen molar-refractivity contribution in [3.05, 3.63) is 46.1 Å². The molecule has 1 heterocycles. The van der Waals surface area contributed by atoms with Gasteiger partial charge < -0.3 is 4.74 Å². The Morgan fingerprint density at radius 1 is 1.39 bits per heavy atom. The minimum Gasteiger partial charge on any atom is -0.480 e. The Morgan fingerprint density at radius 2 is 2.22 bits per heavy atom. The minimum absolute atomic E-state index is 0.566. The van der Waals surface area contributed by atoms with Crippen molar-refractivity contribution in [3.63, 3.8) is 0 Å². The van der Waals surface area contributed by atoms with Crippen molar-refractivity contribution in [1.29, 1.82) is 0 Å². The molecule has 0 aliphatic carbocycles. The van der Waals surface area contributed by atoms with Crippen molar-refractivity contribution in [2.75, 3.05) is 7.11 Å². The maximum absolute atomic E-state index is 5.15. The molecule has 1 aromatic carbocycles. The summed E-state index contributed by atoms with van der Waals surface area (Å²) >= 11 is 4.93. The first-order valence-corrected chi connectivity index (χ1v) is 7.22. The highest BCUT2D eigenvalue weighted by Crippen LogP contribution is 2.26. The van der Waals surface area contributed by atoms with Gasteiger partial charge in [0.1, 0.15) is 0 Å². The molecule has 0 radical (unpaired) electrons. The highest BCUT2D eigenvalue weighted by atomic mass is 79.9. The summed E-state index contributed by atoms with van der Waals surface area (Å²) in [6.07, 6.45) is 1.71. The predicted molar refractivity (Wildman–Crippen MR) is 77.0 cm³/mol. The Bertz CT molecular complexity index is 548. The van der Waals surface area contributed by atoms with E-state index in [4.69, 9.17) is 4.74 Å². The van der Waals surface area contributed by atoms with Gasteiger partial charge in [-0.2, -0.15) is 4.98 Å². The maximum Gasteiger partial charge on any atom is 0.231 e. The summed E-state index contributed by atoms with van der Waals surface area (Å²) in [4.78, 5) is 8.56. The number of aryl methyl sites for hydroxylation is 1. The van der Waals surface area contributed by atoms with Gasteiger partial charge in [-0.1, -0.05) is 41.6 Å². The molecule has 0 amide bonds. The zero-order chi connectivity index (χ0) is 13.0. The van der Waals surface area contributed by atoms with Crippen molar-refractivity contribution in [1.82, 2.24) is 9.97 Å². The van der Waals surface area contributed by atoms with Crippen LogP contribution in [0, 0.1) is 6.92 Å². The van der Waals surface area contributed by atoms with E-state index in [0.29, 0.717) is 5.88 Å². The molecule has 2 aromatic rings. The Labute approximate surface area is 119 Å². The highest BCUT2D eigenvalue weighted by molar-refractivity contribution is 9.10. The smallest absolute Gasteiger partial charge is 0.231 e. The van der Waals surface area contributed by atoms with Crippen LogP contribution in [0.25, 0.3) is 0 Å². The molecule has 3 nitrogen and oxygen atoms in total. The van der Waals surface area contributed by atoms with Gasteiger partial charge in [0.25, 0.3) is 0 Å². The molecule has 0 spiro atoms. The monoisotopic (exact) mass is 324 g/mol. The number of thioether (sulfide) groups is 1. The third kappa shape index (κ3) is 3.46. The molecule has 0 bridgehead atoms. The van der Waals surface area contributed by atoms with Crippen molar-refractivity contribution >= 4 is 27.7 Å². The van der Waals surface area contributed by atoms with Crippen LogP contribution in [0.3, 0.4) is 0 Å². The number of benzene rings is 1. The number of hydrogen-bond acceptors (Lipinski definition) is 4. The molecule has 1 aromatic heterocycles. The molecule has 0 unspecified atom stereocenters. The molecule has 0 aliphatic heterocycles. The zero-order valence-corrected chi connectivity index (χ0v) is 12.6. The standard InChI is InChI=1S/C13H13BrN2OS/c1-9-4-3-5-10(6-9)8-18-13-15-7-11(14)12(16-13)17-2/h3-7H,8H2,1-2H3. The Balaban J connectivity index is 2.06.